The molecule has 1 heterocycles. The van der Waals surface area contributed by atoms with E-state index in [1.807, 2.05) is 32.0 Å². The third kappa shape index (κ3) is 6.42. The number of rotatable bonds is 7. The van der Waals surface area contributed by atoms with E-state index in [1.165, 1.54) is 5.56 Å². The minimum Gasteiger partial charge on any atom is -0.460 e. The minimum atomic E-state index is -0.312. The standard InChI is InChI=1S/C20H30O5/c1-15-13-23-14-18(12-17-8-5-4-6-9-17)19(16(2)25-20(15)21)24-11-7-10-22-3/h4-6,8-9,15-16,18-19H,7,10-14H2,1-3H3/t15-,16-,18-,19-/m0/s1. The predicted molar refractivity (Wildman–Crippen MR) is 95.4 cm³/mol. The van der Waals surface area contributed by atoms with Crippen LogP contribution in [0.1, 0.15) is 25.8 Å². The molecule has 0 aliphatic carbocycles. The molecule has 25 heavy (non-hydrogen) atoms. The molecule has 1 fully saturated rings. The Balaban J connectivity index is 2.11. The van der Waals surface area contributed by atoms with Crippen molar-refractivity contribution in [3.63, 3.8) is 0 Å². The van der Waals surface area contributed by atoms with E-state index in [0.29, 0.717) is 26.4 Å². The lowest BCUT2D eigenvalue weighted by molar-refractivity contribution is -0.162. The van der Waals surface area contributed by atoms with Crippen LogP contribution in [0.25, 0.3) is 0 Å². The molecular formula is C20H30O5. The van der Waals surface area contributed by atoms with Crippen LogP contribution >= 0.6 is 0 Å². The average Bonchev–Trinajstić information content (AvgIpc) is 2.65. The highest BCUT2D eigenvalue weighted by atomic mass is 16.6. The molecule has 0 unspecified atom stereocenters. The predicted octanol–water partition coefficient (Wildman–Crippen LogP) is 2.87. The second-order valence-electron chi connectivity index (χ2n) is 6.71. The summed E-state index contributed by atoms with van der Waals surface area (Å²) in [5.74, 6) is -0.358. The van der Waals surface area contributed by atoms with E-state index in [-0.39, 0.29) is 30.0 Å². The molecule has 140 valence electrons. The topological polar surface area (TPSA) is 54.0 Å². The third-order valence-electron chi connectivity index (χ3n) is 4.48. The molecule has 0 amide bonds. The fourth-order valence-electron chi connectivity index (χ4n) is 3.09. The summed E-state index contributed by atoms with van der Waals surface area (Å²) in [5, 5.41) is 0. The van der Waals surface area contributed by atoms with Crippen LogP contribution in [0.3, 0.4) is 0 Å². The van der Waals surface area contributed by atoms with Crippen molar-refractivity contribution in [2.24, 2.45) is 11.8 Å². The SMILES string of the molecule is COCCCO[C@@H]1[C@@H](Cc2ccccc2)COC[C@H](C)C(=O)O[C@H]1C. The first kappa shape index (κ1) is 19.9. The van der Waals surface area contributed by atoms with Crippen molar-refractivity contribution in [1.29, 1.82) is 0 Å². The van der Waals surface area contributed by atoms with Gasteiger partial charge in [-0.1, -0.05) is 30.3 Å². The maximum absolute atomic E-state index is 12.1. The van der Waals surface area contributed by atoms with Gasteiger partial charge >= 0.3 is 5.97 Å². The number of ether oxygens (including phenoxy) is 4. The van der Waals surface area contributed by atoms with Crippen LogP contribution < -0.4 is 0 Å². The summed E-state index contributed by atoms with van der Waals surface area (Å²) in [6, 6.07) is 10.3. The molecule has 1 aromatic carbocycles. The van der Waals surface area contributed by atoms with Crippen molar-refractivity contribution < 1.29 is 23.7 Å². The highest BCUT2D eigenvalue weighted by molar-refractivity contribution is 5.72. The number of hydrogen-bond acceptors (Lipinski definition) is 5. The Kier molecular flexibility index (Phi) is 8.38. The molecule has 4 atom stereocenters. The number of carbonyl (C=O) groups is 1. The van der Waals surface area contributed by atoms with Crippen molar-refractivity contribution in [3.8, 4) is 0 Å². The van der Waals surface area contributed by atoms with Crippen LogP contribution in [-0.4, -0.2) is 51.7 Å². The minimum absolute atomic E-state index is 0.123. The molecule has 1 aromatic rings. The smallest absolute Gasteiger partial charge is 0.311 e. The molecule has 5 heteroatoms. The summed E-state index contributed by atoms with van der Waals surface area (Å²) in [6.07, 6.45) is 1.12. The highest BCUT2D eigenvalue weighted by Gasteiger charge is 2.33. The number of benzene rings is 1. The summed E-state index contributed by atoms with van der Waals surface area (Å²) in [7, 11) is 1.68. The van der Waals surface area contributed by atoms with Gasteiger partial charge in [0.2, 0.25) is 0 Å². The summed E-state index contributed by atoms with van der Waals surface area (Å²) in [4.78, 5) is 12.1. The fourth-order valence-corrected chi connectivity index (χ4v) is 3.09. The van der Waals surface area contributed by atoms with E-state index >= 15 is 0 Å². The number of hydrogen-bond donors (Lipinski definition) is 0. The highest BCUT2D eigenvalue weighted by Crippen LogP contribution is 2.23. The summed E-state index contributed by atoms with van der Waals surface area (Å²) in [6.45, 7) is 5.90. The molecule has 2 rings (SSSR count). The van der Waals surface area contributed by atoms with Crippen molar-refractivity contribution in [2.75, 3.05) is 33.5 Å². The number of cyclic esters (lactones) is 1. The van der Waals surface area contributed by atoms with Crippen LogP contribution in [-0.2, 0) is 30.2 Å². The van der Waals surface area contributed by atoms with E-state index in [2.05, 4.69) is 12.1 Å². The Morgan fingerprint density at radius 1 is 1.12 bits per heavy atom. The molecule has 1 aliphatic rings. The Morgan fingerprint density at radius 2 is 1.88 bits per heavy atom. The van der Waals surface area contributed by atoms with Gasteiger partial charge in [-0.05, 0) is 32.3 Å². The van der Waals surface area contributed by atoms with Gasteiger partial charge in [0.05, 0.1) is 25.2 Å². The van der Waals surface area contributed by atoms with Crippen molar-refractivity contribution in [2.45, 2.75) is 38.9 Å². The molecule has 1 aliphatic heterocycles. The number of methoxy groups -OCH3 is 1. The lowest BCUT2D eigenvalue weighted by atomic mass is 9.91. The molecule has 0 aromatic heterocycles. The first-order chi connectivity index (χ1) is 12.1. The third-order valence-corrected chi connectivity index (χ3v) is 4.48. The second-order valence-corrected chi connectivity index (χ2v) is 6.71. The van der Waals surface area contributed by atoms with Crippen LogP contribution in [0.5, 0.6) is 0 Å². The van der Waals surface area contributed by atoms with Crippen LogP contribution in [0.15, 0.2) is 30.3 Å². The van der Waals surface area contributed by atoms with E-state index < -0.39 is 0 Å². The van der Waals surface area contributed by atoms with E-state index in [0.717, 1.165) is 12.8 Å². The zero-order chi connectivity index (χ0) is 18.1. The van der Waals surface area contributed by atoms with Gasteiger partial charge in [-0.3, -0.25) is 4.79 Å². The Bertz CT molecular complexity index is 504. The number of carbonyl (C=O) groups excluding carboxylic acids is 1. The zero-order valence-corrected chi connectivity index (χ0v) is 15.5. The zero-order valence-electron chi connectivity index (χ0n) is 15.5. The Hall–Kier alpha value is -1.43. The monoisotopic (exact) mass is 350 g/mol. The van der Waals surface area contributed by atoms with E-state index in [1.54, 1.807) is 7.11 Å². The van der Waals surface area contributed by atoms with Crippen LogP contribution in [0.4, 0.5) is 0 Å². The van der Waals surface area contributed by atoms with Gasteiger partial charge in [0.15, 0.2) is 0 Å². The van der Waals surface area contributed by atoms with Gasteiger partial charge in [-0.15, -0.1) is 0 Å². The molecule has 0 spiro atoms. The largest absolute Gasteiger partial charge is 0.460 e. The second kappa shape index (κ2) is 10.5. The van der Waals surface area contributed by atoms with E-state index in [4.69, 9.17) is 18.9 Å². The lowest BCUT2D eigenvalue weighted by Crippen LogP contribution is -2.40. The van der Waals surface area contributed by atoms with Gasteiger partial charge < -0.3 is 18.9 Å². The van der Waals surface area contributed by atoms with Crippen LogP contribution in [0, 0.1) is 11.8 Å². The van der Waals surface area contributed by atoms with Gasteiger partial charge in [0, 0.05) is 26.2 Å². The summed E-state index contributed by atoms with van der Waals surface area (Å²) >= 11 is 0. The van der Waals surface area contributed by atoms with Crippen molar-refractivity contribution in [1.82, 2.24) is 0 Å². The fraction of sp³-hybridized carbons (Fsp3) is 0.650. The first-order valence-electron chi connectivity index (χ1n) is 9.04. The maximum Gasteiger partial charge on any atom is 0.311 e. The maximum atomic E-state index is 12.1. The Morgan fingerprint density at radius 3 is 2.60 bits per heavy atom. The number of esters is 1. The van der Waals surface area contributed by atoms with Crippen molar-refractivity contribution >= 4 is 5.97 Å². The molecule has 0 saturated carbocycles. The molecule has 0 N–H and O–H groups in total. The lowest BCUT2D eigenvalue weighted by Gasteiger charge is -2.31. The molecule has 5 nitrogen and oxygen atoms in total. The van der Waals surface area contributed by atoms with Crippen molar-refractivity contribution in [3.05, 3.63) is 35.9 Å². The van der Waals surface area contributed by atoms with Gasteiger partial charge in [0.1, 0.15) is 6.10 Å². The Labute approximate surface area is 150 Å². The quantitative estimate of drug-likeness (QED) is 0.559. The molecule has 1 saturated heterocycles. The van der Waals surface area contributed by atoms with Gasteiger partial charge in [-0.25, -0.2) is 0 Å². The van der Waals surface area contributed by atoms with Crippen LogP contribution in [0.2, 0.25) is 0 Å². The van der Waals surface area contributed by atoms with Gasteiger partial charge in [0.25, 0.3) is 0 Å². The molecule has 0 radical (unpaired) electrons. The van der Waals surface area contributed by atoms with E-state index in [9.17, 15) is 4.79 Å². The average molecular weight is 350 g/mol. The summed E-state index contributed by atoms with van der Waals surface area (Å²) in [5.41, 5.74) is 1.23. The molecule has 0 bridgehead atoms. The van der Waals surface area contributed by atoms with Gasteiger partial charge in [-0.2, -0.15) is 0 Å². The first-order valence-corrected chi connectivity index (χ1v) is 9.04. The molecular weight excluding hydrogens is 320 g/mol. The normalized spacial score (nSPS) is 27.9. The summed E-state index contributed by atoms with van der Waals surface area (Å²) < 4.78 is 22.7.